The number of halogens is 2. The van der Waals surface area contributed by atoms with Gasteiger partial charge in [-0.2, -0.15) is 5.10 Å². The SMILES string of the molecule is C=CC(=O)N(Cc1cn(C)nc1C(F)F)c1cc(C(=O)NC)ccc1OC. The summed E-state index contributed by atoms with van der Waals surface area (Å²) >= 11 is 0. The number of carbonyl (C=O) groups excluding carboxylic acids is 2. The molecule has 1 aromatic carbocycles. The molecule has 9 heteroatoms. The number of aromatic nitrogens is 2. The normalized spacial score (nSPS) is 10.6. The molecule has 0 fully saturated rings. The molecule has 0 aliphatic rings. The van der Waals surface area contributed by atoms with Crippen LogP contribution >= 0.6 is 0 Å². The summed E-state index contributed by atoms with van der Waals surface area (Å²) in [6.07, 6.45) is -0.314. The van der Waals surface area contributed by atoms with Crippen LogP contribution in [0.3, 0.4) is 0 Å². The first-order chi connectivity index (χ1) is 12.8. The lowest BCUT2D eigenvalue weighted by atomic mass is 10.1. The van der Waals surface area contributed by atoms with E-state index in [1.165, 1.54) is 55.2 Å². The van der Waals surface area contributed by atoms with Gasteiger partial charge >= 0.3 is 0 Å². The van der Waals surface area contributed by atoms with Crippen molar-refractivity contribution in [2.24, 2.45) is 7.05 Å². The van der Waals surface area contributed by atoms with Crippen molar-refractivity contribution in [3.05, 3.63) is 53.9 Å². The number of nitrogens with one attached hydrogen (secondary N) is 1. The molecule has 0 atom stereocenters. The summed E-state index contributed by atoms with van der Waals surface area (Å²) in [6, 6.07) is 4.52. The average Bonchev–Trinajstić information content (AvgIpc) is 3.05. The zero-order chi connectivity index (χ0) is 20.1. The number of hydrogen-bond acceptors (Lipinski definition) is 4. The lowest BCUT2D eigenvalue weighted by Gasteiger charge is -2.24. The smallest absolute Gasteiger partial charge is 0.282 e. The summed E-state index contributed by atoms with van der Waals surface area (Å²) < 4.78 is 33.1. The second-order valence-electron chi connectivity index (χ2n) is 5.61. The highest BCUT2D eigenvalue weighted by molar-refractivity contribution is 6.03. The number of alkyl halides is 2. The minimum atomic E-state index is -2.79. The first kappa shape index (κ1) is 20.1. The van der Waals surface area contributed by atoms with Crippen molar-refractivity contribution in [2.45, 2.75) is 13.0 Å². The van der Waals surface area contributed by atoms with Crippen molar-refractivity contribution in [2.75, 3.05) is 19.1 Å². The van der Waals surface area contributed by atoms with Gasteiger partial charge in [0.1, 0.15) is 11.4 Å². The van der Waals surface area contributed by atoms with Crippen LogP contribution < -0.4 is 15.0 Å². The Hall–Kier alpha value is -3.23. The van der Waals surface area contributed by atoms with Crippen LogP contribution in [0.25, 0.3) is 0 Å². The Morgan fingerprint density at radius 2 is 2.15 bits per heavy atom. The third-order valence-electron chi connectivity index (χ3n) is 3.87. The van der Waals surface area contributed by atoms with E-state index in [9.17, 15) is 18.4 Å². The molecule has 0 saturated heterocycles. The van der Waals surface area contributed by atoms with Crippen molar-refractivity contribution in [3.8, 4) is 5.75 Å². The highest BCUT2D eigenvalue weighted by atomic mass is 19.3. The second-order valence-corrected chi connectivity index (χ2v) is 5.61. The van der Waals surface area contributed by atoms with Gasteiger partial charge in [-0.25, -0.2) is 8.78 Å². The Labute approximate surface area is 155 Å². The Bertz CT molecular complexity index is 864. The predicted molar refractivity (Wildman–Crippen MR) is 95.9 cm³/mol. The molecule has 0 spiro atoms. The van der Waals surface area contributed by atoms with E-state index >= 15 is 0 Å². The van der Waals surface area contributed by atoms with Crippen molar-refractivity contribution in [3.63, 3.8) is 0 Å². The largest absolute Gasteiger partial charge is 0.495 e. The molecule has 0 aliphatic heterocycles. The molecule has 2 rings (SSSR count). The van der Waals surface area contributed by atoms with Gasteiger partial charge in [0.2, 0.25) is 0 Å². The molecule has 27 heavy (non-hydrogen) atoms. The van der Waals surface area contributed by atoms with Crippen LogP contribution in [0.15, 0.2) is 37.1 Å². The number of carbonyl (C=O) groups is 2. The average molecular weight is 378 g/mol. The third-order valence-corrected chi connectivity index (χ3v) is 3.87. The fourth-order valence-electron chi connectivity index (χ4n) is 2.61. The van der Waals surface area contributed by atoms with Crippen LogP contribution in [0, 0.1) is 0 Å². The number of benzene rings is 1. The Morgan fingerprint density at radius 3 is 2.70 bits per heavy atom. The third kappa shape index (κ3) is 4.30. The Morgan fingerprint density at radius 1 is 1.44 bits per heavy atom. The van der Waals surface area contributed by atoms with E-state index in [2.05, 4.69) is 17.0 Å². The number of methoxy groups -OCH3 is 1. The lowest BCUT2D eigenvalue weighted by molar-refractivity contribution is -0.114. The molecule has 0 radical (unpaired) electrons. The van der Waals surface area contributed by atoms with Gasteiger partial charge < -0.3 is 15.0 Å². The zero-order valence-corrected chi connectivity index (χ0v) is 15.2. The molecule has 0 saturated carbocycles. The fourth-order valence-corrected chi connectivity index (χ4v) is 2.61. The number of hydrogen-bond donors (Lipinski definition) is 1. The molecule has 2 amide bonds. The van der Waals surface area contributed by atoms with Crippen LogP contribution in [-0.4, -0.2) is 35.8 Å². The van der Waals surface area contributed by atoms with Crippen molar-refractivity contribution in [1.29, 1.82) is 0 Å². The van der Waals surface area contributed by atoms with E-state index in [1.807, 2.05) is 0 Å². The summed E-state index contributed by atoms with van der Waals surface area (Å²) in [5, 5.41) is 6.24. The van der Waals surface area contributed by atoms with Crippen molar-refractivity contribution in [1.82, 2.24) is 15.1 Å². The van der Waals surface area contributed by atoms with Gasteiger partial charge in [0.05, 0.1) is 19.3 Å². The minimum absolute atomic E-state index is 0.176. The number of nitrogens with zero attached hydrogens (tertiary/aromatic N) is 3. The van der Waals surface area contributed by atoms with Crippen LogP contribution in [-0.2, 0) is 18.4 Å². The summed E-state index contributed by atoms with van der Waals surface area (Å²) in [7, 11) is 4.40. The molecule has 7 nitrogen and oxygen atoms in total. The van der Waals surface area contributed by atoms with E-state index in [4.69, 9.17) is 4.74 Å². The van der Waals surface area contributed by atoms with Crippen LogP contribution in [0.2, 0.25) is 0 Å². The van der Waals surface area contributed by atoms with E-state index in [-0.39, 0.29) is 29.3 Å². The molecule has 0 aliphatic carbocycles. The van der Waals surface area contributed by atoms with Gasteiger partial charge in [-0.05, 0) is 24.3 Å². The standard InChI is InChI=1S/C18H20F2N4O3/c1-5-15(25)24(10-12-9-23(3)22-16(12)17(19)20)13-8-11(18(26)21-2)6-7-14(13)27-4/h5-9,17H,1,10H2,2-4H3,(H,21,26). The van der Waals surface area contributed by atoms with Crippen LogP contribution in [0.1, 0.15) is 28.0 Å². The Kier molecular flexibility index (Phi) is 6.27. The Balaban J connectivity index is 2.56. The molecule has 1 N–H and O–H groups in total. The maximum absolute atomic E-state index is 13.3. The topological polar surface area (TPSA) is 76.5 Å². The zero-order valence-electron chi connectivity index (χ0n) is 15.2. The maximum atomic E-state index is 13.3. The second kappa shape index (κ2) is 8.43. The number of amides is 2. The summed E-state index contributed by atoms with van der Waals surface area (Å²) in [5.41, 5.74) is 0.305. The fraction of sp³-hybridized carbons (Fsp3) is 0.278. The first-order valence-electron chi connectivity index (χ1n) is 7.97. The van der Waals surface area contributed by atoms with Gasteiger partial charge in [-0.3, -0.25) is 14.3 Å². The molecule has 0 bridgehead atoms. The summed E-state index contributed by atoms with van der Waals surface area (Å²) in [5.74, 6) is -0.591. The van der Waals surface area contributed by atoms with Crippen LogP contribution in [0.5, 0.6) is 5.75 Å². The molecule has 0 unspecified atom stereocenters. The van der Waals surface area contributed by atoms with Gasteiger partial charge in [0.15, 0.2) is 0 Å². The summed E-state index contributed by atoms with van der Waals surface area (Å²) in [4.78, 5) is 25.6. The molecule has 2 aromatic rings. The van der Waals surface area contributed by atoms with E-state index < -0.39 is 18.0 Å². The molecule has 1 aromatic heterocycles. The molecular weight excluding hydrogens is 358 g/mol. The highest BCUT2D eigenvalue weighted by Crippen LogP contribution is 2.32. The maximum Gasteiger partial charge on any atom is 0.282 e. The van der Waals surface area contributed by atoms with Crippen molar-refractivity contribution >= 4 is 17.5 Å². The van der Waals surface area contributed by atoms with E-state index in [1.54, 1.807) is 0 Å². The predicted octanol–water partition coefficient (Wildman–Crippen LogP) is 2.45. The number of rotatable bonds is 7. The first-order valence-corrected chi connectivity index (χ1v) is 7.97. The number of ether oxygens (including phenoxy) is 1. The van der Waals surface area contributed by atoms with E-state index in [0.29, 0.717) is 5.75 Å². The molecule has 144 valence electrons. The van der Waals surface area contributed by atoms with Crippen LogP contribution in [0.4, 0.5) is 14.5 Å². The summed E-state index contributed by atoms with van der Waals surface area (Å²) in [6.45, 7) is 3.27. The molecule has 1 heterocycles. The van der Waals surface area contributed by atoms with Gasteiger partial charge in [-0.15, -0.1) is 0 Å². The van der Waals surface area contributed by atoms with Crippen molar-refractivity contribution < 1.29 is 23.1 Å². The number of aryl methyl sites for hydroxylation is 1. The minimum Gasteiger partial charge on any atom is -0.495 e. The lowest BCUT2D eigenvalue weighted by Crippen LogP contribution is -2.30. The van der Waals surface area contributed by atoms with E-state index in [0.717, 1.165) is 6.08 Å². The van der Waals surface area contributed by atoms with Gasteiger partial charge in [0.25, 0.3) is 18.2 Å². The quantitative estimate of drug-likeness (QED) is 0.751. The number of anilines is 1. The monoisotopic (exact) mass is 378 g/mol. The molecular formula is C18H20F2N4O3. The highest BCUT2D eigenvalue weighted by Gasteiger charge is 2.24. The van der Waals surface area contributed by atoms with Gasteiger partial charge in [-0.1, -0.05) is 6.58 Å². The van der Waals surface area contributed by atoms with Gasteiger partial charge in [0, 0.05) is 31.4 Å².